The summed E-state index contributed by atoms with van der Waals surface area (Å²) in [6.45, 7) is 8.07. The predicted molar refractivity (Wildman–Crippen MR) is 96.7 cm³/mol. The van der Waals surface area contributed by atoms with Gasteiger partial charge >= 0.3 is 6.09 Å². The molecule has 2 aromatic rings. The first-order valence-corrected chi connectivity index (χ1v) is 8.40. The Kier molecular flexibility index (Phi) is 6.39. The number of anilines is 1. The lowest BCUT2D eigenvalue weighted by atomic mass is 10.0. The molecule has 2 rings (SSSR count). The van der Waals surface area contributed by atoms with Gasteiger partial charge in [0.15, 0.2) is 0 Å². The van der Waals surface area contributed by atoms with Crippen LogP contribution in [-0.2, 0) is 17.8 Å². The van der Waals surface area contributed by atoms with Crippen molar-refractivity contribution in [3.05, 3.63) is 58.4 Å². The summed E-state index contributed by atoms with van der Waals surface area (Å²) in [4.78, 5) is 11.6. The molecule has 1 amide bonds. The van der Waals surface area contributed by atoms with E-state index >= 15 is 0 Å². The summed E-state index contributed by atoms with van der Waals surface area (Å²) in [5.74, 6) is 0.272. The molecule has 0 bridgehead atoms. The fourth-order valence-electron chi connectivity index (χ4n) is 2.64. The van der Waals surface area contributed by atoms with Crippen LogP contribution in [0.1, 0.15) is 36.1 Å². The van der Waals surface area contributed by atoms with E-state index in [9.17, 15) is 9.18 Å². The number of nitrogens with one attached hydrogen (secondary N) is 1. The van der Waals surface area contributed by atoms with E-state index in [-0.39, 0.29) is 18.8 Å². The van der Waals surface area contributed by atoms with Crippen LogP contribution < -0.4 is 10.1 Å². The molecule has 5 heteroatoms. The molecule has 0 saturated carbocycles. The molecule has 0 unspecified atom stereocenters. The Balaban J connectivity index is 2.20. The average molecular weight is 345 g/mol. The highest BCUT2D eigenvalue weighted by Crippen LogP contribution is 2.26. The number of halogens is 1. The van der Waals surface area contributed by atoms with Crippen molar-refractivity contribution in [3.8, 4) is 5.75 Å². The molecule has 4 nitrogen and oxygen atoms in total. The standard InChI is InChI=1S/C20H24FNO3/c1-5-15-10-14(4)19(11-13(15)3)25-12-16-17(21)8-7-9-18(16)22-20(23)24-6-2/h7-11H,5-6,12H2,1-4H3,(H,22,23). The smallest absolute Gasteiger partial charge is 0.411 e. The lowest BCUT2D eigenvalue weighted by molar-refractivity contribution is 0.168. The van der Waals surface area contributed by atoms with Gasteiger partial charge < -0.3 is 9.47 Å². The quantitative estimate of drug-likeness (QED) is 0.787. The highest BCUT2D eigenvalue weighted by molar-refractivity contribution is 5.85. The molecule has 0 radical (unpaired) electrons. The molecule has 0 aliphatic rings. The van der Waals surface area contributed by atoms with Crippen LogP contribution in [0.15, 0.2) is 30.3 Å². The molecule has 0 aliphatic heterocycles. The maximum absolute atomic E-state index is 14.2. The van der Waals surface area contributed by atoms with Crippen LogP contribution in [0.3, 0.4) is 0 Å². The number of rotatable bonds is 6. The number of hydrogen-bond acceptors (Lipinski definition) is 3. The number of carbonyl (C=O) groups is 1. The van der Waals surface area contributed by atoms with Gasteiger partial charge in [0.25, 0.3) is 0 Å². The van der Waals surface area contributed by atoms with Crippen molar-refractivity contribution < 1.29 is 18.7 Å². The van der Waals surface area contributed by atoms with E-state index in [4.69, 9.17) is 9.47 Å². The van der Waals surface area contributed by atoms with E-state index in [0.717, 1.165) is 17.5 Å². The van der Waals surface area contributed by atoms with Crippen molar-refractivity contribution in [2.75, 3.05) is 11.9 Å². The molecule has 0 spiro atoms. The van der Waals surface area contributed by atoms with E-state index in [2.05, 4.69) is 18.3 Å². The van der Waals surface area contributed by atoms with E-state index < -0.39 is 11.9 Å². The summed E-state index contributed by atoms with van der Waals surface area (Å²) in [6.07, 6.45) is 0.335. The van der Waals surface area contributed by atoms with Gasteiger partial charge in [-0.2, -0.15) is 0 Å². The number of benzene rings is 2. The molecule has 25 heavy (non-hydrogen) atoms. The van der Waals surface area contributed by atoms with Crippen molar-refractivity contribution in [1.82, 2.24) is 0 Å². The highest BCUT2D eigenvalue weighted by atomic mass is 19.1. The topological polar surface area (TPSA) is 47.6 Å². The maximum Gasteiger partial charge on any atom is 0.411 e. The molecular weight excluding hydrogens is 321 g/mol. The molecule has 2 aromatic carbocycles. The molecule has 1 N–H and O–H groups in total. The molecule has 0 fully saturated rings. The number of amides is 1. The van der Waals surface area contributed by atoms with Crippen LogP contribution in [0.4, 0.5) is 14.9 Å². The van der Waals surface area contributed by atoms with E-state index in [1.807, 2.05) is 19.9 Å². The van der Waals surface area contributed by atoms with Crippen molar-refractivity contribution in [1.29, 1.82) is 0 Å². The van der Waals surface area contributed by atoms with Crippen molar-refractivity contribution in [2.24, 2.45) is 0 Å². The van der Waals surface area contributed by atoms with Gasteiger partial charge in [0.05, 0.1) is 12.3 Å². The Bertz CT molecular complexity index is 759. The summed E-state index contributed by atoms with van der Waals surface area (Å²) < 4.78 is 24.9. The Labute approximate surface area is 148 Å². The molecule has 134 valence electrons. The zero-order valence-electron chi connectivity index (χ0n) is 15.1. The monoisotopic (exact) mass is 345 g/mol. The third-order valence-corrected chi connectivity index (χ3v) is 4.02. The summed E-state index contributed by atoms with van der Waals surface area (Å²) in [5.41, 5.74) is 4.03. The fourth-order valence-corrected chi connectivity index (χ4v) is 2.64. The van der Waals surface area contributed by atoms with E-state index in [1.165, 1.54) is 17.7 Å². The second kappa shape index (κ2) is 8.51. The van der Waals surface area contributed by atoms with Gasteiger partial charge in [-0.15, -0.1) is 0 Å². The number of aryl methyl sites for hydroxylation is 3. The minimum Gasteiger partial charge on any atom is -0.488 e. The van der Waals surface area contributed by atoms with Gasteiger partial charge in [0.2, 0.25) is 0 Å². The number of hydrogen-bond donors (Lipinski definition) is 1. The molecule has 0 saturated heterocycles. The molecule has 0 aromatic heterocycles. The van der Waals surface area contributed by atoms with E-state index in [0.29, 0.717) is 11.4 Å². The predicted octanol–water partition coefficient (Wildman–Crippen LogP) is 5.15. The fraction of sp³-hybridized carbons (Fsp3) is 0.350. The second-order valence-electron chi connectivity index (χ2n) is 5.80. The first kappa shape index (κ1) is 18.8. The van der Waals surface area contributed by atoms with E-state index in [1.54, 1.807) is 13.0 Å². The van der Waals surface area contributed by atoms with Gasteiger partial charge in [0.1, 0.15) is 18.2 Å². The van der Waals surface area contributed by atoms with Gasteiger partial charge in [0, 0.05) is 5.56 Å². The number of ether oxygens (including phenoxy) is 2. The summed E-state index contributed by atoms with van der Waals surface area (Å²) in [7, 11) is 0. The summed E-state index contributed by atoms with van der Waals surface area (Å²) in [6, 6.07) is 8.55. The molecule has 0 aliphatic carbocycles. The summed E-state index contributed by atoms with van der Waals surface area (Å²) >= 11 is 0. The van der Waals surface area contributed by atoms with Gasteiger partial charge in [-0.1, -0.05) is 19.1 Å². The minimum atomic E-state index is -0.617. The van der Waals surface area contributed by atoms with Gasteiger partial charge in [-0.3, -0.25) is 5.32 Å². The lowest BCUT2D eigenvalue weighted by Gasteiger charge is -2.15. The van der Waals surface area contributed by atoms with Crippen molar-refractivity contribution >= 4 is 11.8 Å². The van der Waals surface area contributed by atoms with Crippen LogP contribution in [0, 0.1) is 19.7 Å². The minimum absolute atomic E-state index is 0.0141. The summed E-state index contributed by atoms with van der Waals surface area (Å²) in [5, 5.41) is 2.55. The first-order chi connectivity index (χ1) is 12.0. The third kappa shape index (κ3) is 4.72. The Hall–Kier alpha value is -2.56. The molecule has 0 atom stereocenters. The normalized spacial score (nSPS) is 10.4. The average Bonchev–Trinajstić information content (AvgIpc) is 2.57. The highest BCUT2D eigenvalue weighted by Gasteiger charge is 2.13. The van der Waals surface area contributed by atoms with Crippen LogP contribution >= 0.6 is 0 Å². The second-order valence-corrected chi connectivity index (χ2v) is 5.80. The van der Waals surface area contributed by atoms with Crippen LogP contribution in [0.5, 0.6) is 5.75 Å². The Morgan fingerprint density at radius 1 is 1.16 bits per heavy atom. The van der Waals surface area contributed by atoms with Crippen LogP contribution in [0.25, 0.3) is 0 Å². The van der Waals surface area contributed by atoms with Crippen molar-refractivity contribution in [3.63, 3.8) is 0 Å². The molecule has 0 heterocycles. The van der Waals surface area contributed by atoms with Crippen LogP contribution in [0.2, 0.25) is 0 Å². The van der Waals surface area contributed by atoms with Crippen molar-refractivity contribution in [2.45, 2.75) is 40.7 Å². The molecular formula is C20H24FNO3. The van der Waals surface area contributed by atoms with Gasteiger partial charge in [-0.05, 0) is 62.1 Å². The lowest BCUT2D eigenvalue weighted by Crippen LogP contribution is -2.16. The zero-order chi connectivity index (χ0) is 18.4. The SMILES string of the molecule is CCOC(=O)Nc1cccc(F)c1COc1cc(C)c(CC)cc1C. The largest absolute Gasteiger partial charge is 0.488 e. The van der Waals surface area contributed by atoms with Gasteiger partial charge in [-0.25, -0.2) is 9.18 Å². The third-order valence-electron chi connectivity index (χ3n) is 4.02. The zero-order valence-corrected chi connectivity index (χ0v) is 15.1. The maximum atomic E-state index is 14.2. The first-order valence-electron chi connectivity index (χ1n) is 8.40. The number of carbonyl (C=O) groups excluding carboxylic acids is 1. The Morgan fingerprint density at radius 2 is 1.92 bits per heavy atom. The van der Waals surface area contributed by atoms with Crippen LogP contribution in [-0.4, -0.2) is 12.7 Å². The Morgan fingerprint density at radius 3 is 2.60 bits per heavy atom.